The molecule has 1 heterocycles. The summed E-state index contributed by atoms with van der Waals surface area (Å²) in [5, 5.41) is 5.49. The second kappa shape index (κ2) is 6.11. The van der Waals surface area contributed by atoms with E-state index in [1.807, 2.05) is 25.6 Å². The number of hydrogen-bond acceptors (Lipinski definition) is 3. The Bertz CT molecular complexity index is 578. The monoisotopic (exact) mass is 339 g/mol. The predicted octanol–water partition coefficient (Wildman–Crippen LogP) is 3.53. The number of nitrogens with zero attached hydrogens (tertiary/aromatic N) is 2. The second-order valence-corrected chi connectivity index (χ2v) is 6.71. The van der Waals surface area contributed by atoms with Gasteiger partial charge < -0.3 is 5.73 Å². The van der Waals surface area contributed by atoms with Crippen LogP contribution in [0.25, 0.3) is 0 Å². The molecule has 0 saturated carbocycles. The Balaban J connectivity index is 2.19. The number of nitrogens with two attached hydrogens (primary N) is 1. The quantitative estimate of drug-likeness (QED) is 0.926. The molecule has 102 valence electrons. The maximum atomic E-state index is 5.83. The van der Waals surface area contributed by atoms with Crippen LogP contribution in [0.3, 0.4) is 0 Å². The average molecular weight is 340 g/mol. The molecular formula is C14H18BrN3S. The molecule has 0 fully saturated rings. The molecular weight excluding hydrogens is 322 g/mol. The zero-order valence-electron chi connectivity index (χ0n) is 11.4. The van der Waals surface area contributed by atoms with Gasteiger partial charge in [0.25, 0.3) is 0 Å². The van der Waals surface area contributed by atoms with Crippen molar-refractivity contribution in [1.82, 2.24) is 9.78 Å². The normalized spacial score (nSPS) is 12.7. The fraction of sp³-hybridized carbons (Fsp3) is 0.357. The van der Waals surface area contributed by atoms with Gasteiger partial charge in [-0.05, 0) is 60.0 Å². The van der Waals surface area contributed by atoms with Gasteiger partial charge >= 0.3 is 0 Å². The molecule has 0 spiro atoms. The molecule has 0 radical (unpaired) electrons. The molecule has 1 unspecified atom stereocenters. The predicted molar refractivity (Wildman–Crippen MR) is 83.6 cm³/mol. The summed E-state index contributed by atoms with van der Waals surface area (Å²) in [6.45, 7) is 4.03. The first-order chi connectivity index (χ1) is 8.95. The summed E-state index contributed by atoms with van der Waals surface area (Å²) in [6.07, 6.45) is 0.897. The molecule has 0 amide bonds. The molecule has 3 nitrogen and oxygen atoms in total. The summed E-state index contributed by atoms with van der Waals surface area (Å²) in [7, 11) is 1.97. The highest BCUT2D eigenvalue weighted by atomic mass is 79.9. The fourth-order valence-corrected chi connectivity index (χ4v) is 3.51. The van der Waals surface area contributed by atoms with Gasteiger partial charge in [-0.15, -0.1) is 0 Å². The van der Waals surface area contributed by atoms with Crippen molar-refractivity contribution in [3.05, 3.63) is 40.0 Å². The molecule has 19 heavy (non-hydrogen) atoms. The van der Waals surface area contributed by atoms with Gasteiger partial charge in [-0.2, -0.15) is 5.10 Å². The van der Waals surface area contributed by atoms with Gasteiger partial charge in [0.2, 0.25) is 0 Å². The van der Waals surface area contributed by atoms with E-state index in [4.69, 9.17) is 5.73 Å². The average Bonchev–Trinajstić information content (AvgIpc) is 2.60. The highest BCUT2D eigenvalue weighted by Crippen LogP contribution is 2.34. The minimum absolute atomic E-state index is 0.185. The lowest BCUT2D eigenvalue weighted by atomic mass is 10.1. The first kappa shape index (κ1) is 14.6. The van der Waals surface area contributed by atoms with E-state index >= 15 is 0 Å². The Kier molecular flexibility index (Phi) is 4.71. The molecule has 0 aliphatic rings. The lowest BCUT2D eigenvalue weighted by Crippen LogP contribution is -2.17. The molecule has 2 aromatic rings. The summed E-state index contributed by atoms with van der Waals surface area (Å²) in [6, 6.07) is 8.70. The van der Waals surface area contributed by atoms with Crippen LogP contribution in [0.5, 0.6) is 0 Å². The van der Waals surface area contributed by atoms with Crippen molar-refractivity contribution in [1.29, 1.82) is 0 Å². The zero-order chi connectivity index (χ0) is 14.0. The number of aryl methyl sites for hydroxylation is 2. The van der Waals surface area contributed by atoms with Crippen molar-refractivity contribution in [2.45, 2.75) is 36.2 Å². The lowest BCUT2D eigenvalue weighted by Gasteiger charge is -2.09. The molecule has 0 aliphatic carbocycles. The van der Waals surface area contributed by atoms with Gasteiger partial charge in [0, 0.05) is 22.5 Å². The Morgan fingerprint density at radius 1 is 1.42 bits per heavy atom. The van der Waals surface area contributed by atoms with Gasteiger partial charge in [-0.25, -0.2) is 0 Å². The van der Waals surface area contributed by atoms with Gasteiger partial charge in [0.05, 0.1) is 10.7 Å². The Morgan fingerprint density at radius 3 is 2.68 bits per heavy atom. The van der Waals surface area contributed by atoms with E-state index in [1.165, 1.54) is 10.5 Å². The molecule has 2 rings (SSSR count). The number of aromatic nitrogens is 2. The molecule has 5 heteroatoms. The molecule has 1 atom stereocenters. The maximum Gasteiger partial charge on any atom is 0.0987 e. The highest BCUT2D eigenvalue weighted by Gasteiger charge is 2.08. The topological polar surface area (TPSA) is 43.8 Å². The first-order valence-corrected chi connectivity index (χ1v) is 7.79. The summed E-state index contributed by atoms with van der Waals surface area (Å²) in [4.78, 5) is 1.19. The van der Waals surface area contributed by atoms with Crippen LogP contribution in [-0.2, 0) is 13.5 Å². The smallest absolute Gasteiger partial charge is 0.0987 e. The summed E-state index contributed by atoms with van der Waals surface area (Å²) in [5.41, 5.74) is 8.12. The Hall–Kier alpha value is -0.780. The van der Waals surface area contributed by atoms with Crippen molar-refractivity contribution in [3.8, 4) is 0 Å². The van der Waals surface area contributed by atoms with E-state index in [9.17, 15) is 0 Å². The molecule has 1 aromatic heterocycles. The van der Waals surface area contributed by atoms with E-state index in [-0.39, 0.29) is 6.04 Å². The van der Waals surface area contributed by atoms with Crippen LogP contribution >= 0.6 is 27.7 Å². The second-order valence-electron chi connectivity index (χ2n) is 4.80. The van der Waals surface area contributed by atoms with Crippen molar-refractivity contribution < 1.29 is 0 Å². The zero-order valence-corrected chi connectivity index (χ0v) is 13.8. The van der Waals surface area contributed by atoms with Crippen molar-refractivity contribution in [2.24, 2.45) is 12.8 Å². The third kappa shape index (κ3) is 3.84. The largest absolute Gasteiger partial charge is 0.328 e. The molecule has 0 bridgehead atoms. The number of halogens is 1. The molecule has 0 saturated heterocycles. The van der Waals surface area contributed by atoms with E-state index < -0.39 is 0 Å². The van der Waals surface area contributed by atoms with E-state index in [2.05, 4.69) is 45.3 Å². The van der Waals surface area contributed by atoms with Crippen molar-refractivity contribution in [3.63, 3.8) is 0 Å². The summed E-state index contributed by atoms with van der Waals surface area (Å²) < 4.78 is 3.01. The standard InChI is InChI=1S/C14H18BrN3S/c1-9(16)6-11-4-5-13(12(15)8-11)19-14-7-10(2)17-18(14)3/h4-5,7-9H,6,16H2,1-3H3. The van der Waals surface area contributed by atoms with Crippen LogP contribution in [0.4, 0.5) is 0 Å². The van der Waals surface area contributed by atoms with Crippen LogP contribution in [-0.4, -0.2) is 15.8 Å². The van der Waals surface area contributed by atoms with Crippen LogP contribution in [0, 0.1) is 6.92 Å². The third-order valence-corrected chi connectivity index (χ3v) is 4.81. The number of hydrogen-bond donors (Lipinski definition) is 1. The Labute approximate surface area is 126 Å². The number of benzene rings is 1. The van der Waals surface area contributed by atoms with Crippen LogP contribution in [0.2, 0.25) is 0 Å². The van der Waals surface area contributed by atoms with Crippen LogP contribution in [0.15, 0.2) is 38.7 Å². The Morgan fingerprint density at radius 2 is 2.16 bits per heavy atom. The fourth-order valence-electron chi connectivity index (χ4n) is 1.92. The minimum atomic E-state index is 0.185. The van der Waals surface area contributed by atoms with Crippen molar-refractivity contribution >= 4 is 27.7 Å². The highest BCUT2D eigenvalue weighted by molar-refractivity contribution is 9.10. The first-order valence-electron chi connectivity index (χ1n) is 6.18. The molecule has 2 N–H and O–H groups in total. The maximum absolute atomic E-state index is 5.83. The summed E-state index contributed by atoms with van der Waals surface area (Å²) >= 11 is 5.35. The van der Waals surface area contributed by atoms with Crippen LogP contribution < -0.4 is 5.73 Å². The van der Waals surface area contributed by atoms with Gasteiger partial charge in [-0.3, -0.25) is 4.68 Å². The SMILES string of the molecule is Cc1cc(Sc2ccc(CC(C)N)cc2Br)n(C)n1. The molecule has 1 aromatic carbocycles. The van der Waals surface area contributed by atoms with E-state index in [0.717, 1.165) is 21.6 Å². The van der Waals surface area contributed by atoms with E-state index in [0.29, 0.717) is 0 Å². The van der Waals surface area contributed by atoms with Crippen molar-refractivity contribution in [2.75, 3.05) is 0 Å². The van der Waals surface area contributed by atoms with E-state index in [1.54, 1.807) is 11.8 Å². The van der Waals surface area contributed by atoms with Gasteiger partial charge in [-0.1, -0.05) is 17.8 Å². The third-order valence-electron chi connectivity index (χ3n) is 2.73. The molecule has 0 aliphatic heterocycles. The number of rotatable bonds is 4. The van der Waals surface area contributed by atoms with Gasteiger partial charge in [0.15, 0.2) is 0 Å². The summed E-state index contributed by atoms with van der Waals surface area (Å²) in [5.74, 6) is 0. The minimum Gasteiger partial charge on any atom is -0.328 e. The lowest BCUT2D eigenvalue weighted by molar-refractivity contribution is 0.692. The van der Waals surface area contributed by atoms with Crippen LogP contribution in [0.1, 0.15) is 18.2 Å². The van der Waals surface area contributed by atoms with Gasteiger partial charge in [0.1, 0.15) is 0 Å².